The van der Waals surface area contributed by atoms with Crippen molar-refractivity contribution in [3.63, 3.8) is 0 Å². The summed E-state index contributed by atoms with van der Waals surface area (Å²) in [4.78, 5) is 28.7. The minimum Gasteiger partial charge on any atom is -0.492 e. The summed E-state index contributed by atoms with van der Waals surface area (Å²) in [5.74, 6) is 1.79. The number of carbonyl (C=O) groups is 2. The van der Waals surface area contributed by atoms with Crippen molar-refractivity contribution in [1.29, 1.82) is 0 Å². The highest BCUT2D eigenvalue weighted by Gasteiger charge is 2.24. The second-order valence-corrected chi connectivity index (χ2v) is 15.5. The molecule has 0 radical (unpaired) electrons. The number of methoxy groups -OCH3 is 1. The summed E-state index contributed by atoms with van der Waals surface area (Å²) in [5.41, 5.74) is 5.41. The van der Waals surface area contributed by atoms with E-state index < -0.39 is 22.9 Å². The number of anilines is 3. The Morgan fingerprint density at radius 1 is 0.900 bits per heavy atom. The smallest absolute Gasteiger partial charge is 0.411 e. The van der Waals surface area contributed by atoms with E-state index in [9.17, 15) is 13.8 Å². The molecule has 11 heteroatoms. The zero-order valence-electron chi connectivity index (χ0n) is 29.2. The predicted octanol–water partition coefficient (Wildman–Crippen LogP) is 7.75. The molecule has 3 amide bonds. The zero-order chi connectivity index (χ0) is 35.3. The van der Waals surface area contributed by atoms with Crippen molar-refractivity contribution in [2.75, 3.05) is 60.9 Å². The van der Waals surface area contributed by atoms with E-state index in [1.54, 1.807) is 0 Å². The molecule has 2 aliphatic rings. The number of rotatable bonds is 9. The molecular formula is C39H46N4O6S. The number of nitrogens with one attached hydrogen (secondary N) is 3. The first-order valence-electron chi connectivity index (χ1n) is 17.1. The third kappa shape index (κ3) is 8.64. The number of carbonyl (C=O) groups excluding carboxylic acids is 2. The Bertz CT molecular complexity index is 1860. The molecule has 50 heavy (non-hydrogen) atoms. The molecule has 2 heterocycles. The van der Waals surface area contributed by atoms with Crippen LogP contribution in [0, 0.1) is 0 Å². The highest BCUT2D eigenvalue weighted by Crippen LogP contribution is 2.39. The van der Waals surface area contributed by atoms with E-state index in [2.05, 4.69) is 72.0 Å². The summed E-state index contributed by atoms with van der Waals surface area (Å²) >= 11 is 0. The minimum absolute atomic E-state index is 0.0970. The van der Waals surface area contributed by atoms with E-state index in [1.165, 1.54) is 12.7 Å². The molecule has 4 aromatic rings. The van der Waals surface area contributed by atoms with Gasteiger partial charge < -0.3 is 24.8 Å². The Hall–Kier alpha value is -4.45. The van der Waals surface area contributed by atoms with Gasteiger partial charge in [-0.2, -0.15) is 0 Å². The van der Waals surface area contributed by atoms with E-state index in [1.807, 2.05) is 42.5 Å². The van der Waals surface area contributed by atoms with Crippen molar-refractivity contribution >= 4 is 50.8 Å². The lowest BCUT2D eigenvalue weighted by Crippen LogP contribution is -2.37. The Morgan fingerprint density at radius 3 is 2.24 bits per heavy atom. The fourth-order valence-electron chi connectivity index (χ4n) is 6.38. The van der Waals surface area contributed by atoms with E-state index in [0.717, 1.165) is 71.4 Å². The highest BCUT2D eigenvalue weighted by atomic mass is 32.2. The maximum absolute atomic E-state index is 13.6. The molecular weight excluding hydrogens is 653 g/mol. The Balaban J connectivity index is 1.19. The van der Waals surface area contributed by atoms with Gasteiger partial charge in [0.2, 0.25) is 0 Å². The quantitative estimate of drug-likeness (QED) is 0.164. The van der Waals surface area contributed by atoms with Crippen molar-refractivity contribution in [1.82, 2.24) is 4.90 Å². The number of nitrogens with zero attached hydrogens (tertiary/aromatic N) is 1. The largest absolute Gasteiger partial charge is 0.492 e. The Labute approximate surface area is 296 Å². The van der Waals surface area contributed by atoms with Crippen LogP contribution in [0.25, 0.3) is 21.9 Å². The van der Waals surface area contributed by atoms with Gasteiger partial charge in [-0.1, -0.05) is 75.4 Å². The Kier molecular flexibility index (Phi) is 11.1. The number of urea groups is 1. The molecule has 10 nitrogen and oxygen atoms in total. The van der Waals surface area contributed by atoms with Crippen LogP contribution in [-0.2, 0) is 32.2 Å². The van der Waals surface area contributed by atoms with E-state index in [0.29, 0.717) is 29.4 Å². The van der Waals surface area contributed by atoms with Crippen LogP contribution in [0.5, 0.6) is 5.75 Å². The van der Waals surface area contributed by atoms with Crippen molar-refractivity contribution in [2.24, 2.45) is 0 Å². The van der Waals surface area contributed by atoms with Gasteiger partial charge in [0.1, 0.15) is 6.61 Å². The van der Waals surface area contributed by atoms with E-state index in [-0.39, 0.29) is 18.1 Å². The third-order valence-corrected chi connectivity index (χ3v) is 10.5. The average molecular weight is 699 g/mol. The number of hydrogen-bond donors (Lipinski definition) is 3. The van der Waals surface area contributed by atoms with Gasteiger partial charge in [-0.3, -0.25) is 14.4 Å². The maximum Gasteiger partial charge on any atom is 0.411 e. The number of fused-ring (bicyclic) bond motifs is 1. The molecule has 6 rings (SSSR count). The van der Waals surface area contributed by atoms with Crippen molar-refractivity contribution in [3.05, 3.63) is 83.9 Å². The van der Waals surface area contributed by atoms with Crippen LogP contribution >= 0.6 is 0 Å². The topological polar surface area (TPSA) is 118 Å². The third-order valence-electron chi connectivity index (χ3n) is 9.18. The fraction of sp³-hybridized carbons (Fsp3) is 0.385. The molecule has 2 aliphatic heterocycles. The second kappa shape index (κ2) is 15.6. The minimum atomic E-state index is -0.687. The molecule has 264 valence electrons. The number of benzene rings is 4. The van der Waals surface area contributed by atoms with E-state index in [4.69, 9.17) is 14.2 Å². The summed E-state index contributed by atoms with van der Waals surface area (Å²) < 4.78 is 28.4. The lowest BCUT2D eigenvalue weighted by atomic mass is 9.86. The molecule has 0 aliphatic carbocycles. The first-order valence-corrected chi connectivity index (χ1v) is 18.6. The van der Waals surface area contributed by atoms with Crippen LogP contribution in [-0.4, -0.2) is 72.3 Å². The predicted molar refractivity (Wildman–Crippen MR) is 201 cm³/mol. The number of hydrogen-bond acceptors (Lipinski definition) is 7. The standard InChI is InChI=1S/C39H46N4O6S/c1-39(2,3)28-22-34(36(47-4)35(23-28)42-38(45)49-25-29-8-7-19-48-29)41-37(44)40-33-16-15-30(31-9-5-6-10-32(31)33)27-13-11-26(12-14-27)24-43-17-20-50(46)21-18-43/h5-6,9-16,22-23,29H,7-8,17-21,24-25H2,1-4H3,(H,42,45)(H2,40,41,44). The van der Waals surface area contributed by atoms with Crippen LogP contribution in [0.1, 0.15) is 44.7 Å². The van der Waals surface area contributed by atoms with Crippen LogP contribution in [0.3, 0.4) is 0 Å². The molecule has 4 aromatic carbocycles. The molecule has 0 saturated carbocycles. The van der Waals surface area contributed by atoms with E-state index >= 15 is 0 Å². The summed E-state index contributed by atoms with van der Waals surface area (Å²) in [6.07, 6.45) is 1.09. The van der Waals surface area contributed by atoms with Gasteiger partial charge in [0.05, 0.1) is 30.3 Å². The van der Waals surface area contributed by atoms with Crippen LogP contribution < -0.4 is 20.7 Å². The van der Waals surface area contributed by atoms with Gasteiger partial charge >= 0.3 is 12.1 Å². The fourth-order valence-corrected chi connectivity index (χ4v) is 7.50. The summed E-state index contributed by atoms with van der Waals surface area (Å²) in [5, 5.41) is 10.7. The summed E-state index contributed by atoms with van der Waals surface area (Å²) in [6, 6.07) is 23.8. The van der Waals surface area contributed by atoms with Gasteiger partial charge in [0.25, 0.3) is 0 Å². The van der Waals surface area contributed by atoms with Crippen molar-refractivity contribution in [2.45, 2.75) is 51.7 Å². The van der Waals surface area contributed by atoms with Gasteiger partial charge in [-0.25, -0.2) is 9.59 Å². The monoisotopic (exact) mass is 698 g/mol. The SMILES string of the molecule is COc1c(NC(=O)Nc2ccc(-c3ccc(CN4CCS(=O)CC4)cc3)c3ccccc23)cc(C(C)(C)C)cc1NC(=O)OCC1CCCO1. The first-order chi connectivity index (χ1) is 24.1. The molecule has 2 fully saturated rings. The van der Waals surface area contributed by atoms with Crippen molar-refractivity contribution in [3.8, 4) is 16.9 Å². The molecule has 1 atom stereocenters. The van der Waals surface area contributed by atoms with Gasteiger partial charge in [-0.15, -0.1) is 0 Å². The maximum atomic E-state index is 13.6. The van der Waals surface area contributed by atoms with Crippen LogP contribution in [0.4, 0.5) is 26.7 Å². The zero-order valence-corrected chi connectivity index (χ0v) is 30.0. The normalized spacial score (nSPS) is 17.0. The van der Waals surface area contributed by atoms with Gasteiger partial charge in [0.15, 0.2) is 5.75 Å². The van der Waals surface area contributed by atoms with Crippen LogP contribution in [0.15, 0.2) is 72.8 Å². The summed E-state index contributed by atoms with van der Waals surface area (Å²) in [7, 11) is 0.807. The average Bonchev–Trinajstić information content (AvgIpc) is 3.62. The molecule has 3 N–H and O–H groups in total. The lowest BCUT2D eigenvalue weighted by molar-refractivity contribution is 0.0484. The number of amides is 3. The van der Waals surface area contributed by atoms with Crippen molar-refractivity contribution < 1.29 is 28.0 Å². The molecule has 2 saturated heterocycles. The molecule has 0 spiro atoms. The Morgan fingerprint density at radius 2 is 1.58 bits per heavy atom. The number of ether oxygens (including phenoxy) is 3. The lowest BCUT2D eigenvalue weighted by Gasteiger charge is -2.26. The summed E-state index contributed by atoms with van der Waals surface area (Å²) in [6.45, 7) is 9.57. The highest BCUT2D eigenvalue weighted by molar-refractivity contribution is 7.85. The molecule has 0 aromatic heterocycles. The molecule has 1 unspecified atom stereocenters. The van der Waals surface area contributed by atoms with Gasteiger partial charge in [-0.05, 0) is 64.1 Å². The van der Waals surface area contributed by atoms with Gasteiger partial charge in [0, 0.05) is 53.9 Å². The molecule has 0 bridgehead atoms. The second-order valence-electron chi connectivity index (χ2n) is 13.8. The first kappa shape index (κ1) is 35.4. The van der Waals surface area contributed by atoms with Crippen LogP contribution in [0.2, 0.25) is 0 Å².